The number of rotatable bonds is 7. The number of ether oxygens (including phenoxy) is 2. The number of carbonyl (C=O) groups is 3. The molecule has 1 unspecified atom stereocenters. The van der Waals surface area contributed by atoms with Crippen LogP contribution in [0.4, 0.5) is 0 Å². The maximum Gasteiger partial charge on any atom is 0.343 e. The van der Waals surface area contributed by atoms with E-state index in [0.29, 0.717) is 24.0 Å². The molecule has 5 nitrogen and oxygen atoms in total. The van der Waals surface area contributed by atoms with Gasteiger partial charge in [0.25, 0.3) is 0 Å². The molecule has 2 aromatic carbocycles. The van der Waals surface area contributed by atoms with Gasteiger partial charge in [0.2, 0.25) is 0 Å². The van der Waals surface area contributed by atoms with Crippen molar-refractivity contribution < 1.29 is 23.9 Å². The molecule has 0 saturated heterocycles. The fourth-order valence-electron chi connectivity index (χ4n) is 3.71. The number of carbonyl (C=O) groups excluding carboxylic acids is 3. The molecule has 0 spiro atoms. The zero-order valence-electron chi connectivity index (χ0n) is 16.1. The molecule has 7 heteroatoms. The van der Waals surface area contributed by atoms with Crippen molar-refractivity contribution in [2.24, 2.45) is 0 Å². The van der Waals surface area contributed by atoms with Gasteiger partial charge in [-0.1, -0.05) is 53.5 Å². The largest absolute Gasteiger partial charge is 0.480 e. The van der Waals surface area contributed by atoms with Gasteiger partial charge in [0.15, 0.2) is 12.4 Å². The number of esters is 1. The topological polar surface area (TPSA) is 69.7 Å². The molecule has 0 radical (unpaired) electrons. The Kier molecular flexibility index (Phi) is 6.30. The van der Waals surface area contributed by atoms with Gasteiger partial charge in [0, 0.05) is 12.0 Å². The van der Waals surface area contributed by atoms with E-state index in [1.54, 1.807) is 6.07 Å². The number of hydrogen-bond donors (Lipinski definition) is 0. The Balaban J connectivity index is 2.06. The Morgan fingerprint density at radius 3 is 2.45 bits per heavy atom. The first-order valence-electron chi connectivity index (χ1n) is 9.10. The number of halogens is 2. The second kappa shape index (κ2) is 8.56. The van der Waals surface area contributed by atoms with Gasteiger partial charge in [-0.25, -0.2) is 4.79 Å². The lowest BCUT2D eigenvalue weighted by atomic mass is 9.73. The molecule has 29 heavy (non-hydrogen) atoms. The van der Waals surface area contributed by atoms with Crippen LogP contribution in [0.5, 0.6) is 5.75 Å². The van der Waals surface area contributed by atoms with Crippen molar-refractivity contribution in [3.05, 3.63) is 63.1 Å². The minimum atomic E-state index is -0.900. The molecule has 0 saturated carbocycles. The van der Waals surface area contributed by atoms with Gasteiger partial charge < -0.3 is 14.3 Å². The second-order valence-corrected chi connectivity index (χ2v) is 7.81. The lowest BCUT2D eigenvalue weighted by Crippen LogP contribution is -2.34. The van der Waals surface area contributed by atoms with Crippen molar-refractivity contribution in [2.45, 2.75) is 31.6 Å². The van der Waals surface area contributed by atoms with Crippen molar-refractivity contribution >= 4 is 40.7 Å². The van der Waals surface area contributed by atoms with Crippen LogP contribution in [0.3, 0.4) is 0 Å². The number of benzene rings is 2. The average molecular weight is 435 g/mol. The van der Waals surface area contributed by atoms with Gasteiger partial charge in [-0.15, -0.1) is 0 Å². The van der Waals surface area contributed by atoms with Crippen LogP contribution < -0.4 is 4.74 Å². The maximum atomic E-state index is 13.6. The zero-order chi connectivity index (χ0) is 21.2. The molecule has 0 bridgehead atoms. The van der Waals surface area contributed by atoms with Crippen LogP contribution in [-0.4, -0.2) is 31.3 Å². The van der Waals surface area contributed by atoms with Crippen molar-refractivity contribution in [1.82, 2.24) is 0 Å². The Hall–Kier alpha value is -2.37. The predicted molar refractivity (Wildman–Crippen MR) is 110 cm³/mol. The molecule has 1 aliphatic rings. The third-order valence-electron chi connectivity index (χ3n) is 5.21. The molecule has 0 fully saturated rings. The van der Waals surface area contributed by atoms with Crippen LogP contribution in [0.15, 0.2) is 36.4 Å². The number of methoxy groups -OCH3 is 1. The van der Waals surface area contributed by atoms with Crippen LogP contribution >= 0.6 is 23.2 Å². The van der Waals surface area contributed by atoms with E-state index >= 15 is 0 Å². The van der Waals surface area contributed by atoms with E-state index < -0.39 is 11.4 Å². The summed E-state index contributed by atoms with van der Waals surface area (Å²) in [6.45, 7) is 1.18. The highest BCUT2D eigenvalue weighted by atomic mass is 35.5. The van der Waals surface area contributed by atoms with Crippen LogP contribution in [0, 0.1) is 0 Å². The van der Waals surface area contributed by atoms with Crippen LogP contribution in [0.2, 0.25) is 10.0 Å². The normalized spacial score (nSPS) is 17.7. The first kappa shape index (κ1) is 21.3. The molecule has 0 aliphatic heterocycles. The highest BCUT2D eigenvalue weighted by Crippen LogP contribution is 2.49. The summed E-state index contributed by atoms with van der Waals surface area (Å²) in [4.78, 5) is 36.6. The number of fused-ring (bicyclic) bond motifs is 1. The van der Waals surface area contributed by atoms with E-state index in [-0.39, 0.29) is 40.4 Å². The summed E-state index contributed by atoms with van der Waals surface area (Å²) in [7, 11) is 1.25. The van der Waals surface area contributed by atoms with E-state index in [0.717, 1.165) is 5.56 Å². The van der Waals surface area contributed by atoms with E-state index in [4.69, 9.17) is 27.9 Å². The van der Waals surface area contributed by atoms with Crippen LogP contribution in [0.25, 0.3) is 0 Å². The summed E-state index contributed by atoms with van der Waals surface area (Å²) in [5.41, 5.74) is 0.946. The van der Waals surface area contributed by atoms with E-state index in [1.165, 1.54) is 14.0 Å². The molecule has 0 heterocycles. The molecule has 152 valence electrons. The van der Waals surface area contributed by atoms with Gasteiger partial charge in [-0.3, -0.25) is 4.79 Å². The van der Waals surface area contributed by atoms with Crippen molar-refractivity contribution in [2.75, 3.05) is 13.7 Å². The summed E-state index contributed by atoms with van der Waals surface area (Å²) in [6, 6.07) is 11.0. The molecule has 0 aromatic heterocycles. The monoisotopic (exact) mass is 434 g/mol. The number of hydrogen-bond acceptors (Lipinski definition) is 5. The highest BCUT2D eigenvalue weighted by molar-refractivity contribution is 6.45. The number of ketones is 2. The Morgan fingerprint density at radius 2 is 1.83 bits per heavy atom. The smallest absolute Gasteiger partial charge is 0.343 e. The van der Waals surface area contributed by atoms with Gasteiger partial charge in [0.1, 0.15) is 16.6 Å². The molecule has 1 atom stereocenters. The summed E-state index contributed by atoms with van der Waals surface area (Å²) in [6.07, 6.45) is 1.00. The van der Waals surface area contributed by atoms with Gasteiger partial charge in [0.05, 0.1) is 17.5 Å². The molecule has 0 amide bonds. The lowest BCUT2D eigenvalue weighted by Gasteiger charge is -2.28. The van der Waals surface area contributed by atoms with Crippen molar-refractivity contribution in [3.63, 3.8) is 0 Å². The summed E-state index contributed by atoms with van der Waals surface area (Å²) >= 11 is 12.8. The Morgan fingerprint density at radius 1 is 1.14 bits per heavy atom. The van der Waals surface area contributed by atoms with Crippen molar-refractivity contribution in [3.8, 4) is 5.75 Å². The minimum Gasteiger partial charge on any atom is -0.480 e. The lowest BCUT2D eigenvalue weighted by molar-refractivity contribution is -0.142. The van der Waals surface area contributed by atoms with Gasteiger partial charge in [-0.05, 0) is 37.0 Å². The Bertz CT molecular complexity index is 971. The zero-order valence-corrected chi connectivity index (χ0v) is 17.6. The SMILES string of the molecule is COC(=O)COc1cc2c(c(Cl)c1Cl)C(=O)C(CCC(C)=O)(c1ccccc1)C2. The van der Waals surface area contributed by atoms with Gasteiger partial charge >= 0.3 is 5.97 Å². The van der Waals surface area contributed by atoms with Crippen molar-refractivity contribution in [1.29, 1.82) is 0 Å². The molecule has 0 N–H and O–H groups in total. The maximum absolute atomic E-state index is 13.6. The average Bonchev–Trinajstić information content (AvgIpc) is 3.01. The summed E-state index contributed by atoms with van der Waals surface area (Å²) in [5, 5.41) is 0.160. The van der Waals surface area contributed by atoms with E-state index in [9.17, 15) is 14.4 Å². The molecular formula is C22H20Cl2O5. The number of Topliss-reactive ketones (excluding diaryl/α,β-unsaturated/α-hetero) is 2. The fourth-order valence-corrected chi connectivity index (χ4v) is 4.21. The third-order valence-corrected chi connectivity index (χ3v) is 6.06. The second-order valence-electron chi connectivity index (χ2n) is 7.06. The first-order valence-corrected chi connectivity index (χ1v) is 9.86. The highest BCUT2D eigenvalue weighted by Gasteiger charge is 2.48. The molecule has 3 rings (SSSR count). The van der Waals surface area contributed by atoms with Crippen LogP contribution in [0.1, 0.15) is 41.3 Å². The minimum absolute atomic E-state index is 0.00953. The van der Waals surface area contributed by atoms with E-state index in [2.05, 4.69) is 4.74 Å². The molecule has 1 aliphatic carbocycles. The third kappa shape index (κ3) is 4.02. The quantitative estimate of drug-likeness (QED) is 0.595. The fraction of sp³-hybridized carbons (Fsp3) is 0.318. The van der Waals surface area contributed by atoms with Crippen LogP contribution in [-0.2, 0) is 26.2 Å². The molecular weight excluding hydrogens is 415 g/mol. The summed E-state index contributed by atoms with van der Waals surface area (Å²) in [5.74, 6) is -0.500. The molecule has 2 aromatic rings. The predicted octanol–water partition coefficient (Wildman–Crippen LogP) is 4.59. The van der Waals surface area contributed by atoms with Gasteiger partial charge in [-0.2, -0.15) is 0 Å². The Labute approximate surface area is 178 Å². The van der Waals surface area contributed by atoms with E-state index in [1.807, 2.05) is 30.3 Å². The summed E-state index contributed by atoms with van der Waals surface area (Å²) < 4.78 is 10.0. The first-order chi connectivity index (χ1) is 13.8. The standard InChI is InChI=1S/C22H20Cl2O5/c1-13(25)8-9-22(15-6-4-3-5-7-15)11-14-10-16(29-12-17(26)28-2)19(23)20(24)18(14)21(22)27/h3-7,10H,8-9,11-12H2,1-2H3.